The summed E-state index contributed by atoms with van der Waals surface area (Å²) >= 11 is 0. The first-order valence-electron chi connectivity index (χ1n) is 2.47. The quantitative estimate of drug-likeness (QED) is 0.343. The maximum Gasteiger partial charge on any atom is 0.335 e. The average Bonchev–Trinajstić information content (AvgIpc) is 1.82. The van der Waals surface area contributed by atoms with Gasteiger partial charge in [-0.2, -0.15) is 0 Å². The van der Waals surface area contributed by atoms with Crippen molar-refractivity contribution in [2.75, 3.05) is 0 Å². The first-order valence-corrected chi connectivity index (χ1v) is 2.47. The van der Waals surface area contributed by atoms with Gasteiger partial charge in [0.05, 0.1) is 5.57 Å². The van der Waals surface area contributed by atoms with E-state index >= 15 is 0 Å². The molecule has 1 N–H and O–H groups in total. The lowest BCUT2D eigenvalue weighted by Crippen LogP contribution is -1.93. The first kappa shape index (κ1) is 7.73. The zero-order chi connectivity index (χ0) is 7.28. The predicted octanol–water partition coefficient (Wildman–Crippen LogP) is 1.36. The van der Waals surface area contributed by atoms with Gasteiger partial charge >= 0.3 is 5.97 Å². The Morgan fingerprint density at radius 1 is 1.78 bits per heavy atom. The number of rotatable bonds is 2. The number of carbonyl (C=O) groups is 1. The van der Waals surface area contributed by atoms with E-state index < -0.39 is 5.97 Å². The molecule has 0 saturated heterocycles. The Morgan fingerprint density at radius 3 is 2.67 bits per heavy atom. The van der Waals surface area contributed by atoms with E-state index in [0.717, 1.165) is 0 Å². The van der Waals surface area contributed by atoms with Crippen LogP contribution in [0.25, 0.3) is 0 Å². The van der Waals surface area contributed by atoms with Crippen LogP contribution in [-0.4, -0.2) is 11.1 Å². The van der Waals surface area contributed by atoms with Crippen molar-refractivity contribution in [3.63, 3.8) is 0 Å². The molecule has 0 bridgehead atoms. The molecule has 0 aliphatic rings. The molecule has 2 heteroatoms. The summed E-state index contributed by atoms with van der Waals surface area (Å²) in [5.41, 5.74) is 2.65. The highest BCUT2D eigenvalue weighted by Gasteiger charge is 1.95. The standard InChI is InChI=1S/C7H8O2/c1-3-4-5-6(2)7(8)9/h3,5H,2H2,1H3,(H,8,9). The van der Waals surface area contributed by atoms with Crippen molar-refractivity contribution in [2.24, 2.45) is 0 Å². The van der Waals surface area contributed by atoms with Crippen LogP contribution >= 0.6 is 0 Å². The third-order valence-corrected chi connectivity index (χ3v) is 0.699. The van der Waals surface area contributed by atoms with Crippen LogP contribution in [0.2, 0.25) is 0 Å². The number of hydrogen-bond donors (Lipinski definition) is 1. The Kier molecular flexibility index (Phi) is 3.18. The zero-order valence-corrected chi connectivity index (χ0v) is 5.22. The monoisotopic (exact) mass is 124 g/mol. The van der Waals surface area contributed by atoms with Crippen LogP contribution < -0.4 is 0 Å². The molecule has 0 spiro atoms. The van der Waals surface area contributed by atoms with Crippen molar-refractivity contribution in [3.8, 4) is 0 Å². The number of carboxylic acids is 1. The summed E-state index contributed by atoms with van der Waals surface area (Å²) in [6.07, 6.45) is 2.94. The van der Waals surface area contributed by atoms with Crippen molar-refractivity contribution in [1.82, 2.24) is 0 Å². The minimum Gasteiger partial charge on any atom is -0.478 e. The Balaban J connectivity index is 4.09. The van der Waals surface area contributed by atoms with Crippen LogP contribution in [0.15, 0.2) is 30.0 Å². The van der Waals surface area contributed by atoms with Crippen molar-refractivity contribution < 1.29 is 9.90 Å². The summed E-state index contributed by atoms with van der Waals surface area (Å²) in [4.78, 5) is 10.0. The molecule has 0 atom stereocenters. The van der Waals surface area contributed by atoms with Crippen LogP contribution in [0.4, 0.5) is 0 Å². The molecule has 0 amide bonds. The number of carboxylic acid groups (broad SMARTS) is 1. The fourth-order valence-corrected chi connectivity index (χ4v) is 0.246. The van der Waals surface area contributed by atoms with Gasteiger partial charge in [-0.15, -0.1) is 5.73 Å². The lowest BCUT2D eigenvalue weighted by molar-refractivity contribution is -0.132. The van der Waals surface area contributed by atoms with E-state index in [1.165, 1.54) is 6.08 Å². The first-order chi connectivity index (χ1) is 4.18. The highest BCUT2D eigenvalue weighted by Crippen LogP contribution is 1.88. The molecule has 0 aromatic rings. The highest BCUT2D eigenvalue weighted by molar-refractivity contribution is 5.88. The van der Waals surface area contributed by atoms with Crippen molar-refractivity contribution in [1.29, 1.82) is 0 Å². The molecule has 2 nitrogen and oxygen atoms in total. The molecule has 0 aliphatic heterocycles. The van der Waals surface area contributed by atoms with Crippen molar-refractivity contribution >= 4 is 5.97 Å². The summed E-state index contributed by atoms with van der Waals surface area (Å²) in [7, 11) is 0. The maximum absolute atomic E-state index is 10.0. The van der Waals surface area contributed by atoms with Crippen LogP contribution in [0.5, 0.6) is 0 Å². The Bertz CT molecular complexity index is 183. The molecule has 0 rings (SSSR count). The summed E-state index contributed by atoms with van der Waals surface area (Å²) in [5.74, 6) is -1.01. The van der Waals surface area contributed by atoms with Crippen LogP contribution in [0, 0.1) is 0 Å². The van der Waals surface area contributed by atoms with Crippen LogP contribution in [-0.2, 0) is 4.79 Å². The van der Waals surface area contributed by atoms with Gasteiger partial charge < -0.3 is 5.11 Å². The van der Waals surface area contributed by atoms with Gasteiger partial charge in [0.2, 0.25) is 0 Å². The fourth-order valence-electron chi connectivity index (χ4n) is 0.246. The smallest absolute Gasteiger partial charge is 0.335 e. The second-order valence-corrected chi connectivity index (χ2v) is 1.43. The molecule has 0 aromatic carbocycles. The largest absolute Gasteiger partial charge is 0.478 e. The third-order valence-electron chi connectivity index (χ3n) is 0.699. The predicted molar refractivity (Wildman–Crippen MR) is 35.1 cm³/mol. The normalized spacial score (nSPS) is 7.22. The molecular formula is C7H8O2. The van der Waals surface area contributed by atoms with E-state index in [4.69, 9.17) is 5.11 Å². The third kappa shape index (κ3) is 3.32. The molecule has 0 aliphatic carbocycles. The summed E-state index contributed by atoms with van der Waals surface area (Å²) in [6.45, 7) is 5.01. The van der Waals surface area contributed by atoms with E-state index in [-0.39, 0.29) is 5.57 Å². The van der Waals surface area contributed by atoms with Gasteiger partial charge in [-0.25, -0.2) is 4.79 Å². The molecular weight excluding hydrogens is 116 g/mol. The molecule has 0 fully saturated rings. The van der Waals surface area contributed by atoms with Gasteiger partial charge in [-0.05, 0) is 19.1 Å². The molecule has 48 valence electrons. The Labute approximate surface area is 53.8 Å². The molecule has 0 unspecified atom stereocenters. The fraction of sp³-hybridized carbons (Fsp3) is 0.143. The zero-order valence-electron chi connectivity index (χ0n) is 5.22. The second kappa shape index (κ2) is 3.70. The van der Waals surface area contributed by atoms with E-state index in [1.807, 2.05) is 0 Å². The SMILES string of the molecule is C=C(C=C=CC)C(=O)O. The lowest BCUT2D eigenvalue weighted by atomic mass is 10.3. The van der Waals surface area contributed by atoms with Gasteiger partial charge in [0.25, 0.3) is 0 Å². The van der Waals surface area contributed by atoms with Crippen molar-refractivity contribution in [3.05, 3.63) is 30.0 Å². The second-order valence-electron chi connectivity index (χ2n) is 1.43. The minimum absolute atomic E-state index is 0.0492. The summed E-state index contributed by atoms with van der Waals surface area (Å²) < 4.78 is 0. The van der Waals surface area contributed by atoms with E-state index in [0.29, 0.717) is 0 Å². The summed E-state index contributed by atoms with van der Waals surface area (Å²) in [5, 5.41) is 8.22. The maximum atomic E-state index is 10.0. The highest BCUT2D eigenvalue weighted by atomic mass is 16.4. The summed E-state index contributed by atoms with van der Waals surface area (Å²) in [6, 6.07) is 0. The van der Waals surface area contributed by atoms with E-state index in [2.05, 4.69) is 12.3 Å². The molecule has 0 saturated carbocycles. The number of hydrogen-bond acceptors (Lipinski definition) is 1. The van der Waals surface area contributed by atoms with Gasteiger partial charge in [0, 0.05) is 0 Å². The molecule has 0 aromatic heterocycles. The van der Waals surface area contributed by atoms with Gasteiger partial charge in [-0.1, -0.05) is 6.58 Å². The minimum atomic E-state index is -1.01. The molecule has 0 heterocycles. The average molecular weight is 124 g/mol. The topological polar surface area (TPSA) is 37.3 Å². The van der Waals surface area contributed by atoms with Crippen LogP contribution in [0.1, 0.15) is 6.92 Å². The molecule has 9 heavy (non-hydrogen) atoms. The van der Waals surface area contributed by atoms with Gasteiger partial charge in [-0.3, -0.25) is 0 Å². The number of aliphatic carboxylic acids is 1. The lowest BCUT2D eigenvalue weighted by Gasteiger charge is -1.83. The van der Waals surface area contributed by atoms with Crippen molar-refractivity contribution in [2.45, 2.75) is 6.92 Å². The Hall–Kier alpha value is -1.27. The van der Waals surface area contributed by atoms with E-state index in [9.17, 15) is 4.79 Å². The van der Waals surface area contributed by atoms with Gasteiger partial charge in [0.15, 0.2) is 0 Å². The molecule has 0 radical (unpaired) electrons. The Morgan fingerprint density at radius 2 is 2.33 bits per heavy atom. The van der Waals surface area contributed by atoms with Crippen LogP contribution in [0.3, 0.4) is 0 Å². The van der Waals surface area contributed by atoms with E-state index in [1.54, 1.807) is 13.0 Å². The van der Waals surface area contributed by atoms with Gasteiger partial charge in [0.1, 0.15) is 0 Å².